The first kappa shape index (κ1) is 79.0. The highest BCUT2D eigenvalue weighted by molar-refractivity contribution is 7.45. The number of amides is 1. The zero-order valence-corrected chi connectivity index (χ0v) is 55.4. The average molecular weight is 1160 g/mol. The summed E-state index contributed by atoms with van der Waals surface area (Å²) in [5.74, 6) is -0.529. The van der Waals surface area contributed by atoms with E-state index in [2.05, 4.69) is 62.5 Å². The van der Waals surface area contributed by atoms with E-state index in [1.165, 1.54) is 244 Å². The van der Waals surface area contributed by atoms with Gasteiger partial charge in [-0.25, -0.2) is 0 Å². The molecule has 81 heavy (non-hydrogen) atoms. The summed E-state index contributed by atoms with van der Waals surface area (Å²) in [5, 5.41) is 3.05. The topological polar surface area (TPSA) is 114 Å². The molecule has 0 bridgehead atoms. The van der Waals surface area contributed by atoms with Crippen LogP contribution in [0.1, 0.15) is 342 Å². The molecule has 0 fully saturated rings. The monoisotopic (exact) mass is 1160 g/mol. The maximum Gasteiger partial charge on any atom is 0.306 e. The van der Waals surface area contributed by atoms with Gasteiger partial charge in [0.2, 0.25) is 5.91 Å². The van der Waals surface area contributed by atoms with E-state index in [4.69, 9.17) is 13.8 Å². The maximum atomic E-state index is 13.6. The SMILES string of the molecule is CCCCC/C=C\C/C=C\CCCCCCCCCCCCCC(=O)OC(/C=C/CCCCCCCCCCCCC)C(COP(=O)([O-])OCC[N+](C)(C)C)NC(=O)CCCCCCCCCCCCC/C=C/CCCCCCCC. The summed E-state index contributed by atoms with van der Waals surface area (Å²) in [7, 11) is 1.19. The van der Waals surface area contributed by atoms with Gasteiger partial charge in [-0.2, -0.15) is 0 Å². The van der Waals surface area contributed by atoms with Crippen LogP contribution >= 0.6 is 7.82 Å². The van der Waals surface area contributed by atoms with E-state index in [-0.39, 0.29) is 31.5 Å². The highest BCUT2D eigenvalue weighted by atomic mass is 31.2. The highest BCUT2D eigenvalue weighted by Crippen LogP contribution is 2.38. The smallest absolute Gasteiger partial charge is 0.306 e. The summed E-state index contributed by atoms with van der Waals surface area (Å²) in [6, 6.07) is -0.889. The molecule has 0 aliphatic carbocycles. The third-order valence-electron chi connectivity index (χ3n) is 15.7. The first-order chi connectivity index (χ1) is 39.4. The fraction of sp³-hybridized carbons (Fsp3) is 0.859. The summed E-state index contributed by atoms with van der Waals surface area (Å²) in [5.41, 5.74) is 0. The molecule has 0 saturated heterocycles. The number of unbranched alkanes of at least 4 members (excludes halogenated alkanes) is 42. The molecule has 0 rings (SSSR count). The van der Waals surface area contributed by atoms with Gasteiger partial charge in [0.05, 0.1) is 33.8 Å². The number of phosphoric acid groups is 1. The Morgan fingerprint density at radius 2 is 0.753 bits per heavy atom. The highest BCUT2D eigenvalue weighted by Gasteiger charge is 2.27. The minimum absolute atomic E-state index is 0.0215. The van der Waals surface area contributed by atoms with Gasteiger partial charge in [0.15, 0.2) is 0 Å². The molecular formula is C71H135N2O7P. The van der Waals surface area contributed by atoms with Crippen LogP contribution in [0.2, 0.25) is 0 Å². The zero-order valence-electron chi connectivity index (χ0n) is 54.5. The number of hydrogen-bond acceptors (Lipinski definition) is 7. The molecule has 0 radical (unpaired) electrons. The molecule has 0 aromatic carbocycles. The van der Waals surface area contributed by atoms with Gasteiger partial charge in [-0.15, -0.1) is 0 Å². The van der Waals surface area contributed by atoms with Gasteiger partial charge in [-0.3, -0.25) is 14.2 Å². The fourth-order valence-corrected chi connectivity index (χ4v) is 11.0. The second-order valence-electron chi connectivity index (χ2n) is 25.0. The molecule has 0 heterocycles. The van der Waals surface area contributed by atoms with E-state index in [1.807, 2.05) is 33.3 Å². The zero-order chi connectivity index (χ0) is 59.3. The van der Waals surface area contributed by atoms with E-state index >= 15 is 0 Å². The standard InChI is InChI=1S/C71H135N2O7P/c1-7-10-13-16-19-22-25-28-30-32-34-36-38-40-42-45-48-51-54-57-60-63-70(74)72-68(67-79-81(76,77)78-66-65-73(4,5)6)69(62-59-56-53-50-47-44-27-24-21-18-15-12-9-3)80-71(75)64-61-58-55-52-49-46-43-41-39-37-35-33-31-29-26-23-20-17-14-11-8-2/h20,23,28-31,59,62,68-69H,7-19,21-22,24-27,32-58,60-61,63-67H2,1-6H3,(H-,72,74,76,77)/b23-20-,30-28+,31-29-,62-59+. The van der Waals surface area contributed by atoms with Crippen molar-refractivity contribution in [2.24, 2.45) is 0 Å². The van der Waals surface area contributed by atoms with Crippen LogP contribution in [0.5, 0.6) is 0 Å². The summed E-state index contributed by atoms with van der Waals surface area (Å²) in [4.78, 5) is 40.2. The van der Waals surface area contributed by atoms with E-state index in [9.17, 15) is 19.0 Å². The lowest BCUT2D eigenvalue weighted by Gasteiger charge is -2.30. The predicted octanol–water partition coefficient (Wildman–Crippen LogP) is 21.4. The number of quaternary nitrogens is 1. The third kappa shape index (κ3) is 62.3. The quantitative estimate of drug-likeness (QED) is 0.0212. The van der Waals surface area contributed by atoms with Crippen molar-refractivity contribution < 1.29 is 37.3 Å². The van der Waals surface area contributed by atoms with Gasteiger partial charge in [-0.1, -0.05) is 288 Å². The number of hydrogen-bond donors (Lipinski definition) is 1. The number of allylic oxidation sites excluding steroid dienone is 7. The number of nitrogens with one attached hydrogen (secondary N) is 1. The largest absolute Gasteiger partial charge is 0.756 e. The van der Waals surface area contributed by atoms with Crippen LogP contribution in [0, 0.1) is 0 Å². The van der Waals surface area contributed by atoms with E-state index < -0.39 is 20.0 Å². The number of rotatable bonds is 64. The molecule has 1 amide bonds. The van der Waals surface area contributed by atoms with E-state index in [0.29, 0.717) is 17.4 Å². The van der Waals surface area contributed by atoms with Gasteiger partial charge in [0.25, 0.3) is 7.82 Å². The molecule has 10 heteroatoms. The van der Waals surface area contributed by atoms with Gasteiger partial charge in [0, 0.05) is 12.8 Å². The normalized spacial score (nSPS) is 13.8. The van der Waals surface area contributed by atoms with Crippen molar-refractivity contribution in [1.82, 2.24) is 5.32 Å². The first-order valence-electron chi connectivity index (χ1n) is 34.9. The second-order valence-corrected chi connectivity index (χ2v) is 26.4. The Bertz CT molecular complexity index is 1520. The van der Waals surface area contributed by atoms with Gasteiger partial charge in [-0.05, 0) is 89.5 Å². The lowest BCUT2D eigenvalue weighted by atomic mass is 10.0. The molecule has 0 aliphatic rings. The van der Waals surface area contributed by atoms with Crippen LogP contribution in [0.15, 0.2) is 48.6 Å². The van der Waals surface area contributed by atoms with Gasteiger partial charge < -0.3 is 28.5 Å². The van der Waals surface area contributed by atoms with Gasteiger partial charge in [0.1, 0.15) is 19.3 Å². The first-order valence-corrected chi connectivity index (χ1v) is 36.4. The molecule has 0 aromatic heterocycles. The summed E-state index contributed by atoms with van der Waals surface area (Å²) in [6.07, 6.45) is 76.5. The minimum atomic E-state index is -4.70. The predicted molar refractivity (Wildman–Crippen MR) is 349 cm³/mol. The number of ether oxygens (including phenoxy) is 1. The fourth-order valence-electron chi connectivity index (χ4n) is 10.3. The van der Waals surface area contributed by atoms with Crippen molar-refractivity contribution in [3.63, 3.8) is 0 Å². The van der Waals surface area contributed by atoms with E-state index in [1.54, 1.807) is 0 Å². The molecule has 1 N–H and O–H groups in total. The van der Waals surface area contributed by atoms with Crippen molar-refractivity contribution in [3.8, 4) is 0 Å². The average Bonchev–Trinajstić information content (AvgIpc) is 3.44. The molecular weight excluding hydrogens is 1020 g/mol. The Labute approximate surface area is 503 Å². The second kappa shape index (κ2) is 61.1. The Hall–Kier alpha value is -2.03. The number of nitrogens with zero attached hydrogens (tertiary/aromatic N) is 1. The Balaban J connectivity index is 5.13. The number of phosphoric ester groups is 1. The molecule has 0 aliphatic heterocycles. The lowest BCUT2D eigenvalue weighted by Crippen LogP contribution is -2.47. The Kier molecular flexibility index (Phi) is 59.5. The molecule has 0 aromatic rings. The number of esters is 1. The van der Waals surface area contributed by atoms with Crippen LogP contribution < -0.4 is 10.2 Å². The van der Waals surface area contributed by atoms with Crippen LogP contribution in [-0.2, 0) is 27.9 Å². The molecule has 476 valence electrons. The molecule has 0 spiro atoms. The van der Waals surface area contributed by atoms with Crippen LogP contribution in [0.3, 0.4) is 0 Å². The van der Waals surface area contributed by atoms with Crippen LogP contribution in [-0.4, -0.2) is 69.4 Å². The minimum Gasteiger partial charge on any atom is -0.756 e. The van der Waals surface area contributed by atoms with Crippen LogP contribution in [0.25, 0.3) is 0 Å². The van der Waals surface area contributed by atoms with Crippen molar-refractivity contribution in [1.29, 1.82) is 0 Å². The Morgan fingerprint density at radius 3 is 1.15 bits per heavy atom. The molecule has 0 saturated carbocycles. The van der Waals surface area contributed by atoms with Crippen molar-refractivity contribution in [3.05, 3.63) is 48.6 Å². The number of likely N-dealkylation sites (N-methyl/N-ethyl adjacent to an activating group) is 1. The summed E-state index contributed by atoms with van der Waals surface area (Å²) >= 11 is 0. The van der Waals surface area contributed by atoms with E-state index in [0.717, 1.165) is 64.2 Å². The molecule has 9 nitrogen and oxygen atoms in total. The number of carbonyl (C=O) groups excluding carboxylic acids is 2. The summed E-state index contributed by atoms with van der Waals surface area (Å²) < 4.78 is 30.5. The lowest BCUT2D eigenvalue weighted by molar-refractivity contribution is -0.870. The van der Waals surface area contributed by atoms with Crippen molar-refractivity contribution in [2.45, 2.75) is 354 Å². The van der Waals surface area contributed by atoms with Crippen molar-refractivity contribution in [2.75, 3.05) is 40.9 Å². The van der Waals surface area contributed by atoms with Crippen LogP contribution in [0.4, 0.5) is 0 Å². The third-order valence-corrected chi connectivity index (χ3v) is 16.7. The summed E-state index contributed by atoms with van der Waals surface area (Å²) in [6.45, 7) is 6.86. The van der Waals surface area contributed by atoms with Gasteiger partial charge >= 0.3 is 5.97 Å². The molecule has 3 atom stereocenters. The Morgan fingerprint density at radius 1 is 0.432 bits per heavy atom. The molecule has 3 unspecified atom stereocenters. The maximum absolute atomic E-state index is 13.6. The number of carbonyl (C=O) groups is 2. The van der Waals surface area contributed by atoms with Crippen molar-refractivity contribution >= 4 is 19.7 Å².